The molecule has 1 aromatic carbocycles. The lowest BCUT2D eigenvalue weighted by Crippen LogP contribution is -2.29. The van der Waals surface area contributed by atoms with Gasteiger partial charge in [0.05, 0.1) is 0 Å². The molecule has 1 unspecified atom stereocenters. The predicted molar refractivity (Wildman–Crippen MR) is 79.3 cm³/mol. The second-order valence-electron chi connectivity index (χ2n) is 6.02. The van der Waals surface area contributed by atoms with Gasteiger partial charge >= 0.3 is 0 Å². The maximum absolute atomic E-state index is 13.8. The molecule has 0 saturated carbocycles. The largest absolute Gasteiger partial charge is 0.317 e. The van der Waals surface area contributed by atoms with E-state index in [2.05, 4.69) is 42.0 Å². The molecule has 0 aliphatic heterocycles. The summed E-state index contributed by atoms with van der Waals surface area (Å²) in [5, 5.41) is 3.29. The summed E-state index contributed by atoms with van der Waals surface area (Å²) in [7, 11) is 1.95. The van der Waals surface area contributed by atoms with Crippen molar-refractivity contribution in [3.05, 3.63) is 34.1 Å². The minimum absolute atomic E-state index is 0.125. The van der Waals surface area contributed by atoms with Crippen molar-refractivity contribution < 1.29 is 4.39 Å². The van der Waals surface area contributed by atoms with E-state index in [0.717, 1.165) is 29.3 Å². The zero-order chi connectivity index (χ0) is 13.8. The number of hydrogen-bond donors (Lipinski definition) is 1. The van der Waals surface area contributed by atoms with Crippen LogP contribution >= 0.6 is 15.9 Å². The van der Waals surface area contributed by atoms with Crippen LogP contribution in [0.2, 0.25) is 0 Å². The van der Waals surface area contributed by atoms with Crippen molar-refractivity contribution in [1.82, 2.24) is 5.32 Å². The fourth-order valence-electron chi connectivity index (χ4n) is 1.91. The molecular formula is C15H23BrFN. The molecule has 0 amide bonds. The zero-order valence-corrected chi connectivity index (χ0v) is 13.3. The highest BCUT2D eigenvalue weighted by Crippen LogP contribution is 2.23. The van der Waals surface area contributed by atoms with Gasteiger partial charge in [0.2, 0.25) is 0 Å². The molecule has 1 nitrogen and oxygen atoms in total. The SMILES string of the molecule is CNC(CCC(C)(C)C)Cc1ccc(Br)cc1F. The van der Waals surface area contributed by atoms with Crippen molar-refractivity contribution in [3.63, 3.8) is 0 Å². The van der Waals surface area contributed by atoms with Crippen molar-refractivity contribution in [2.24, 2.45) is 5.41 Å². The predicted octanol–water partition coefficient (Wildman–Crippen LogP) is 4.55. The van der Waals surface area contributed by atoms with Crippen LogP contribution < -0.4 is 5.32 Å². The molecule has 1 N–H and O–H groups in total. The van der Waals surface area contributed by atoms with Gasteiger partial charge in [-0.2, -0.15) is 0 Å². The van der Waals surface area contributed by atoms with Gasteiger partial charge in [-0.15, -0.1) is 0 Å². The number of nitrogens with one attached hydrogen (secondary N) is 1. The molecule has 0 heterocycles. The zero-order valence-electron chi connectivity index (χ0n) is 11.7. The van der Waals surface area contributed by atoms with E-state index in [1.54, 1.807) is 0 Å². The van der Waals surface area contributed by atoms with Gasteiger partial charge in [-0.05, 0) is 49.4 Å². The van der Waals surface area contributed by atoms with E-state index in [9.17, 15) is 4.39 Å². The van der Waals surface area contributed by atoms with Gasteiger partial charge in [0.25, 0.3) is 0 Å². The van der Waals surface area contributed by atoms with E-state index < -0.39 is 0 Å². The first-order valence-electron chi connectivity index (χ1n) is 6.43. The number of halogens is 2. The van der Waals surface area contributed by atoms with Gasteiger partial charge in [0, 0.05) is 10.5 Å². The number of rotatable bonds is 5. The molecule has 0 spiro atoms. The molecule has 102 valence electrons. The standard InChI is InChI=1S/C15H23BrFN/c1-15(2,3)8-7-13(18-4)9-11-5-6-12(16)10-14(11)17/h5-6,10,13,18H,7-9H2,1-4H3. The van der Waals surface area contributed by atoms with E-state index in [4.69, 9.17) is 0 Å². The molecule has 0 aliphatic carbocycles. The Hall–Kier alpha value is -0.410. The highest BCUT2D eigenvalue weighted by Gasteiger charge is 2.16. The Bertz CT molecular complexity index is 385. The fraction of sp³-hybridized carbons (Fsp3) is 0.600. The van der Waals surface area contributed by atoms with Gasteiger partial charge in [-0.25, -0.2) is 4.39 Å². The van der Waals surface area contributed by atoms with Gasteiger partial charge in [0.15, 0.2) is 0 Å². The maximum Gasteiger partial charge on any atom is 0.127 e. The summed E-state index contributed by atoms with van der Waals surface area (Å²) in [6.45, 7) is 6.71. The van der Waals surface area contributed by atoms with Crippen LogP contribution in [0.4, 0.5) is 4.39 Å². The van der Waals surface area contributed by atoms with Crippen LogP contribution in [-0.2, 0) is 6.42 Å². The third kappa shape index (κ3) is 5.49. The molecule has 1 aromatic rings. The lowest BCUT2D eigenvalue weighted by Gasteiger charge is -2.23. The minimum Gasteiger partial charge on any atom is -0.317 e. The Balaban J connectivity index is 2.62. The minimum atomic E-state index is -0.125. The van der Waals surface area contributed by atoms with Crippen molar-refractivity contribution in [2.45, 2.75) is 46.1 Å². The molecule has 1 rings (SSSR count). The van der Waals surface area contributed by atoms with Crippen LogP contribution in [0, 0.1) is 11.2 Å². The molecule has 0 fully saturated rings. The third-order valence-electron chi connectivity index (χ3n) is 3.13. The summed E-state index contributed by atoms with van der Waals surface area (Å²) in [4.78, 5) is 0. The molecule has 18 heavy (non-hydrogen) atoms. The van der Waals surface area contributed by atoms with Crippen LogP contribution in [0.3, 0.4) is 0 Å². The van der Waals surface area contributed by atoms with Crippen LogP contribution in [-0.4, -0.2) is 13.1 Å². The Labute approximate surface area is 118 Å². The number of benzene rings is 1. The lowest BCUT2D eigenvalue weighted by molar-refractivity contribution is 0.334. The summed E-state index contributed by atoms with van der Waals surface area (Å²) in [6, 6.07) is 5.63. The van der Waals surface area contributed by atoms with E-state index in [1.807, 2.05) is 19.2 Å². The van der Waals surface area contributed by atoms with Crippen molar-refractivity contribution >= 4 is 15.9 Å². The van der Waals surface area contributed by atoms with Crippen LogP contribution in [0.5, 0.6) is 0 Å². The lowest BCUT2D eigenvalue weighted by atomic mass is 9.87. The molecule has 0 aliphatic rings. The number of hydrogen-bond acceptors (Lipinski definition) is 1. The Morgan fingerprint density at radius 2 is 2.00 bits per heavy atom. The maximum atomic E-state index is 13.8. The first-order valence-corrected chi connectivity index (χ1v) is 7.22. The Kier molecular flexibility index (Phi) is 5.80. The summed E-state index contributed by atoms with van der Waals surface area (Å²) in [5.41, 5.74) is 1.11. The van der Waals surface area contributed by atoms with E-state index in [-0.39, 0.29) is 5.82 Å². The van der Waals surface area contributed by atoms with E-state index >= 15 is 0 Å². The van der Waals surface area contributed by atoms with Crippen LogP contribution in [0.25, 0.3) is 0 Å². The highest BCUT2D eigenvalue weighted by atomic mass is 79.9. The smallest absolute Gasteiger partial charge is 0.127 e. The van der Waals surface area contributed by atoms with E-state index in [1.165, 1.54) is 6.07 Å². The molecule has 1 atom stereocenters. The number of likely N-dealkylation sites (N-methyl/N-ethyl adjacent to an activating group) is 1. The first-order chi connectivity index (χ1) is 8.31. The van der Waals surface area contributed by atoms with Crippen LogP contribution in [0.1, 0.15) is 39.2 Å². The Morgan fingerprint density at radius 1 is 1.33 bits per heavy atom. The average molecular weight is 316 g/mol. The average Bonchev–Trinajstić information content (AvgIpc) is 2.25. The Morgan fingerprint density at radius 3 is 2.50 bits per heavy atom. The summed E-state index contributed by atoms with van der Waals surface area (Å²) in [6.07, 6.45) is 2.94. The van der Waals surface area contributed by atoms with Gasteiger partial charge < -0.3 is 5.32 Å². The van der Waals surface area contributed by atoms with E-state index in [0.29, 0.717) is 11.5 Å². The molecular weight excluding hydrogens is 293 g/mol. The van der Waals surface area contributed by atoms with Crippen molar-refractivity contribution in [1.29, 1.82) is 0 Å². The topological polar surface area (TPSA) is 12.0 Å². The summed E-state index contributed by atoms with van der Waals surface area (Å²) >= 11 is 3.28. The molecule has 0 aromatic heterocycles. The molecule has 0 saturated heterocycles. The molecule has 3 heteroatoms. The summed E-state index contributed by atoms with van der Waals surface area (Å²) in [5.74, 6) is -0.125. The monoisotopic (exact) mass is 315 g/mol. The highest BCUT2D eigenvalue weighted by molar-refractivity contribution is 9.10. The van der Waals surface area contributed by atoms with Gasteiger partial charge in [-0.3, -0.25) is 0 Å². The van der Waals surface area contributed by atoms with Crippen molar-refractivity contribution in [2.75, 3.05) is 7.05 Å². The van der Waals surface area contributed by atoms with Crippen LogP contribution in [0.15, 0.2) is 22.7 Å². The van der Waals surface area contributed by atoms with Crippen molar-refractivity contribution in [3.8, 4) is 0 Å². The second-order valence-corrected chi connectivity index (χ2v) is 6.94. The quantitative estimate of drug-likeness (QED) is 0.840. The van der Waals surface area contributed by atoms with Gasteiger partial charge in [0.1, 0.15) is 5.82 Å². The summed E-state index contributed by atoms with van der Waals surface area (Å²) < 4.78 is 14.6. The first kappa shape index (κ1) is 15.6. The fourth-order valence-corrected chi connectivity index (χ4v) is 2.24. The third-order valence-corrected chi connectivity index (χ3v) is 3.63. The molecule has 0 bridgehead atoms. The second kappa shape index (κ2) is 6.67. The van der Waals surface area contributed by atoms with Gasteiger partial charge in [-0.1, -0.05) is 42.8 Å². The molecule has 0 radical (unpaired) electrons. The normalized spacial score (nSPS) is 13.7.